The second-order valence-electron chi connectivity index (χ2n) is 3.81. The van der Waals surface area contributed by atoms with Gasteiger partial charge in [-0.2, -0.15) is 0 Å². The Kier molecular flexibility index (Phi) is 4.36. The van der Waals surface area contributed by atoms with Crippen LogP contribution >= 0.6 is 27.5 Å². The molecule has 0 saturated heterocycles. The molecule has 0 unspecified atom stereocenters. The molecule has 0 spiro atoms. The maximum atomic E-state index is 12.0. The normalized spacial score (nSPS) is 10.1. The Morgan fingerprint density at radius 2 is 2.05 bits per heavy atom. The minimum Gasteiger partial charge on any atom is -0.478 e. The van der Waals surface area contributed by atoms with Gasteiger partial charge in [0.15, 0.2) is 0 Å². The van der Waals surface area contributed by atoms with Crippen LogP contribution in [0.2, 0.25) is 5.02 Å². The summed E-state index contributed by atoms with van der Waals surface area (Å²) in [7, 11) is 0. The van der Waals surface area contributed by atoms with Crippen LogP contribution in [0, 0.1) is 0 Å². The summed E-state index contributed by atoms with van der Waals surface area (Å²) in [6, 6.07) is 5.81. The number of pyridine rings is 1. The number of carbonyl (C=O) groups excluding carboxylic acids is 1. The van der Waals surface area contributed by atoms with Gasteiger partial charge >= 0.3 is 5.97 Å². The average molecular weight is 356 g/mol. The maximum absolute atomic E-state index is 12.0. The standard InChI is InChI=1S/C13H8BrClN2O3/c14-9-5-7(13(19)20)1-2-11(9)17-12(18)8-3-4-16-6-10(8)15/h1-6H,(H,17,18)(H,19,20). The zero-order valence-electron chi connectivity index (χ0n) is 9.93. The lowest BCUT2D eigenvalue weighted by atomic mass is 10.2. The highest BCUT2D eigenvalue weighted by molar-refractivity contribution is 9.10. The van der Waals surface area contributed by atoms with Crippen molar-refractivity contribution < 1.29 is 14.7 Å². The number of hydrogen-bond donors (Lipinski definition) is 2. The summed E-state index contributed by atoms with van der Waals surface area (Å²) in [6.07, 6.45) is 2.84. The number of carbonyl (C=O) groups is 2. The van der Waals surface area contributed by atoms with Crippen LogP contribution in [0.4, 0.5) is 5.69 Å². The summed E-state index contributed by atoms with van der Waals surface area (Å²) in [5.41, 5.74) is 0.862. The number of hydrogen-bond acceptors (Lipinski definition) is 3. The summed E-state index contributed by atoms with van der Waals surface area (Å²) in [6.45, 7) is 0. The van der Waals surface area contributed by atoms with Crippen molar-refractivity contribution in [3.63, 3.8) is 0 Å². The van der Waals surface area contributed by atoms with Crippen molar-refractivity contribution in [2.75, 3.05) is 5.32 Å². The lowest BCUT2D eigenvalue weighted by molar-refractivity contribution is 0.0696. The molecule has 1 heterocycles. The molecule has 0 aliphatic heterocycles. The fourth-order valence-corrected chi connectivity index (χ4v) is 2.18. The van der Waals surface area contributed by atoms with Gasteiger partial charge in [0, 0.05) is 16.9 Å². The minimum atomic E-state index is -1.04. The highest BCUT2D eigenvalue weighted by Gasteiger charge is 2.13. The first-order valence-electron chi connectivity index (χ1n) is 5.42. The quantitative estimate of drug-likeness (QED) is 0.884. The van der Waals surface area contributed by atoms with Gasteiger partial charge in [0.1, 0.15) is 0 Å². The third kappa shape index (κ3) is 3.15. The number of anilines is 1. The van der Waals surface area contributed by atoms with Gasteiger partial charge < -0.3 is 10.4 Å². The molecule has 20 heavy (non-hydrogen) atoms. The molecular formula is C13H8BrClN2O3. The van der Waals surface area contributed by atoms with E-state index in [1.54, 1.807) is 0 Å². The number of amides is 1. The molecule has 2 N–H and O–H groups in total. The van der Waals surface area contributed by atoms with Crippen molar-refractivity contribution in [2.45, 2.75) is 0 Å². The largest absolute Gasteiger partial charge is 0.478 e. The zero-order chi connectivity index (χ0) is 14.7. The van der Waals surface area contributed by atoms with Gasteiger partial charge in [-0.3, -0.25) is 9.78 Å². The Hall–Kier alpha value is -1.92. The highest BCUT2D eigenvalue weighted by Crippen LogP contribution is 2.25. The second kappa shape index (κ2) is 6.02. The third-order valence-electron chi connectivity index (χ3n) is 2.48. The van der Waals surface area contributed by atoms with E-state index in [-0.39, 0.29) is 16.1 Å². The minimum absolute atomic E-state index is 0.122. The van der Waals surface area contributed by atoms with Crippen LogP contribution in [-0.4, -0.2) is 22.0 Å². The van der Waals surface area contributed by atoms with Crippen molar-refractivity contribution >= 4 is 45.1 Å². The molecule has 102 valence electrons. The van der Waals surface area contributed by atoms with E-state index in [0.717, 1.165) is 0 Å². The van der Waals surface area contributed by atoms with E-state index >= 15 is 0 Å². The van der Waals surface area contributed by atoms with Crippen LogP contribution in [0.1, 0.15) is 20.7 Å². The van der Waals surface area contributed by atoms with Crippen molar-refractivity contribution in [1.29, 1.82) is 0 Å². The molecule has 1 aromatic carbocycles. The number of aromatic carboxylic acids is 1. The topological polar surface area (TPSA) is 79.3 Å². The predicted molar refractivity (Wildman–Crippen MR) is 78.3 cm³/mol. The van der Waals surface area contributed by atoms with Gasteiger partial charge in [0.2, 0.25) is 0 Å². The second-order valence-corrected chi connectivity index (χ2v) is 5.07. The fourth-order valence-electron chi connectivity index (χ4n) is 1.50. The molecular weight excluding hydrogens is 348 g/mol. The summed E-state index contributed by atoms with van der Waals surface area (Å²) >= 11 is 9.09. The SMILES string of the molecule is O=C(O)c1ccc(NC(=O)c2ccncc2Cl)c(Br)c1. The van der Waals surface area contributed by atoms with E-state index in [4.69, 9.17) is 16.7 Å². The first-order valence-corrected chi connectivity index (χ1v) is 6.60. The third-order valence-corrected chi connectivity index (χ3v) is 3.44. The molecule has 5 nitrogen and oxygen atoms in total. The summed E-state index contributed by atoms with van der Waals surface area (Å²) in [5.74, 6) is -1.44. The maximum Gasteiger partial charge on any atom is 0.335 e. The van der Waals surface area contributed by atoms with Crippen LogP contribution in [0.25, 0.3) is 0 Å². The van der Waals surface area contributed by atoms with Crippen LogP contribution < -0.4 is 5.32 Å². The Balaban J connectivity index is 2.25. The number of nitrogens with one attached hydrogen (secondary N) is 1. The smallest absolute Gasteiger partial charge is 0.335 e. The van der Waals surface area contributed by atoms with Gasteiger partial charge in [0.25, 0.3) is 5.91 Å². The average Bonchev–Trinajstić information content (AvgIpc) is 2.41. The molecule has 7 heteroatoms. The van der Waals surface area contributed by atoms with Gasteiger partial charge in [-0.15, -0.1) is 0 Å². The summed E-state index contributed by atoms with van der Waals surface area (Å²) < 4.78 is 0.468. The summed E-state index contributed by atoms with van der Waals surface area (Å²) in [5, 5.41) is 11.7. The molecule has 0 atom stereocenters. The lowest BCUT2D eigenvalue weighted by Crippen LogP contribution is -2.13. The molecule has 0 bridgehead atoms. The Morgan fingerprint density at radius 1 is 1.30 bits per heavy atom. The molecule has 0 aliphatic carbocycles. The Labute approximate surface area is 127 Å². The molecule has 2 aromatic rings. The summed E-state index contributed by atoms with van der Waals surface area (Å²) in [4.78, 5) is 26.7. The monoisotopic (exact) mass is 354 g/mol. The van der Waals surface area contributed by atoms with Crippen molar-refractivity contribution in [3.05, 3.63) is 57.3 Å². The van der Waals surface area contributed by atoms with Crippen LogP contribution in [0.5, 0.6) is 0 Å². The molecule has 0 aliphatic rings. The predicted octanol–water partition coefficient (Wildman–Crippen LogP) is 3.45. The van der Waals surface area contributed by atoms with E-state index in [2.05, 4.69) is 26.2 Å². The number of nitrogens with zero attached hydrogens (tertiary/aromatic N) is 1. The van der Waals surface area contributed by atoms with Crippen molar-refractivity contribution in [3.8, 4) is 0 Å². The van der Waals surface area contributed by atoms with Crippen molar-refractivity contribution in [1.82, 2.24) is 4.98 Å². The number of carboxylic acid groups (broad SMARTS) is 1. The Morgan fingerprint density at radius 3 is 2.65 bits per heavy atom. The van der Waals surface area contributed by atoms with Gasteiger partial charge in [-0.05, 0) is 40.2 Å². The number of benzene rings is 1. The van der Waals surface area contributed by atoms with Crippen LogP contribution in [0.15, 0.2) is 41.1 Å². The first-order chi connectivity index (χ1) is 9.49. The molecule has 2 rings (SSSR count). The zero-order valence-corrected chi connectivity index (χ0v) is 12.3. The number of rotatable bonds is 3. The molecule has 1 aromatic heterocycles. The fraction of sp³-hybridized carbons (Fsp3) is 0. The van der Waals surface area contributed by atoms with Crippen molar-refractivity contribution in [2.24, 2.45) is 0 Å². The van der Waals surface area contributed by atoms with E-state index in [1.807, 2.05) is 0 Å². The lowest BCUT2D eigenvalue weighted by Gasteiger charge is -2.09. The number of aromatic nitrogens is 1. The molecule has 1 amide bonds. The Bertz CT molecular complexity index is 691. The van der Waals surface area contributed by atoms with E-state index < -0.39 is 11.9 Å². The van der Waals surface area contributed by atoms with Crippen LogP contribution in [-0.2, 0) is 0 Å². The van der Waals surface area contributed by atoms with Crippen LogP contribution in [0.3, 0.4) is 0 Å². The van der Waals surface area contributed by atoms with Gasteiger partial charge in [0.05, 0.1) is 21.8 Å². The highest BCUT2D eigenvalue weighted by atomic mass is 79.9. The van der Waals surface area contributed by atoms with Gasteiger partial charge in [-0.25, -0.2) is 4.79 Å². The molecule has 0 radical (unpaired) electrons. The number of carboxylic acids is 1. The van der Waals surface area contributed by atoms with E-state index in [1.165, 1.54) is 36.7 Å². The van der Waals surface area contributed by atoms with Gasteiger partial charge in [-0.1, -0.05) is 11.6 Å². The molecule has 0 fully saturated rings. The van der Waals surface area contributed by atoms with E-state index in [9.17, 15) is 9.59 Å². The number of halogens is 2. The molecule has 0 saturated carbocycles. The first kappa shape index (κ1) is 14.5. The van der Waals surface area contributed by atoms with E-state index in [0.29, 0.717) is 10.2 Å².